The number of piperidine rings is 1. The molecule has 0 aliphatic carbocycles. The monoisotopic (exact) mass is 472 g/mol. The molecular weight excluding hydrogens is 440 g/mol. The van der Waals surface area contributed by atoms with Crippen molar-refractivity contribution in [3.05, 3.63) is 70.7 Å². The van der Waals surface area contributed by atoms with Gasteiger partial charge in [-0.05, 0) is 48.9 Å². The van der Waals surface area contributed by atoms with Gasteiger partial charge in [0, 0.05) is 30.1 Å². The molecule has 2 amide bonds. The van der Waals surface area contributed by atoms with E-state index in [1.165, 1.54) is 5.56 Å². The molecule has 1 N–H and O–H groups in total. The third kappa shape index (κ3) is 6.76. The molecule has 1 atom stereocenters. The van der Waals surface area contributed by atoms with Gasteiger partial charge in [-0.3, -0.25) is 9.59 Å². The average Bonchev–Trinajstić information content (AvgIpc) is 2.82. The number of amides is 2. The lowest BCUT2D eigenvalue weighted by molar-refractivity contribution is -0.136. The fraction of sp³-hybridized carbons (Fsp3) is 0.462. The highest BCUT2D eigenvalue weighted by atomic mass is 35.5. The van der Waals surface area contributed by atoms with E-state index in [-0.39, 0.29) is 29.0 Å². The van der Waals surface area contributed by atoms with Crippen molar-refractivity contribution in [2.75, 3.05) is 18.8 Å². The molecule has 0 radical (unpaired) electrons. The number of halogens is 1. The number of likely N-dealkylation sites (tertiary alicyclic amines) is 1. The highest BCUT2D eigenvalue weighted by Crippen LogP contribution is 2.36. The molecule has 1 unspecified atom stereocenters. The molecule has 4 nitrogen and oxygen atoms in total. The summed E-state index contributed by atoms with van der Waals surface area (Å²) in [5, 5.41) is 3.96. The molecule has 0 bridgehead atoms. The van der Waals surface area contributed by atoms with Crippen LogP contribution in [0.25, 0.3) is 0 Å². The Morgan fingerprint density at radius 3 is 2.19 bits per heavy atom. The summed E-state index contributed by atoms with van der Waals surface area (Å²) < 4.78 is 0. The molecule has 172 valence electrons. The molecule has 0 saturated carbocycles. The van der Waals surface area contributed by atoms with Crippen molar-refractivity contribution < 1.29 is 9.59 Å². The maximum Gasteiger partial charge on any atom is 0.230 e. The summed E-state index contributed by atoms with van der Waals surface area (Å²) in [7, 11) is 0. The first-order valence-electron chi connectivity index (χ1n) is 11.5. The summed E-state index contributed by atoms with van der Waals surface area (Å²) in [6.07, 6.45) is 3.42. The minimum atomic E-state index is 0.0506. The molecule has 1 aliphatic heterocycles. The minimum Gasteiger partial charge on any atom is -0.353 e. The van der Waals surface area contributed by atoms with Gasteiger partial charge in [-0.1, -0.05) is 67.9 Å². The molecule has 32 heavy (non-hydrogen) atoms. The standard InChI is InChI=1S/C26H33ClN2O2S/c1-3-19(4-2)26(31)29-16-14-23(15-17-29)28-24(30)18-32-25(20-8-6-5-7-9-20)21-10-12-22(27)13-11-21/h5-13,19,23,25H,3-4,14-18H2,1-2H3,(H,28,30). The van der Waals surface area contributed by atoms with Crippen LogP contribution in [0, 0.1) is 5.92 Å². The average molecular weight is 473 g/mol. The SMILES string of the molecule is CCC(CC)C(=O)N1CCC(NC(=O)CSC(c2ccccc2)c2ccc(Cl)cc2)CC1. The van der Waals surface area contributed by atoms with Crippen molar-refractivity contribution in [1.82, 2.24) is 10.2 Å². The Hall–Kier alpha value is -1.98. The van der Waals surface area contributed by atoms with Gasteiger partial charge in [0.2, 0.25) is 11.8 Å². The van der Waals surface area contributed by atoms with Crippen LogP contribution >= 0.6 is 23.4 Å². The van der Waals surface area contributed by atoms with Crippen LogP contribution in [0.2, 0.25) is 5.02 Å². The van der Waals surface area contributed by atoms with Gasteiger partial charge in [0.05, 0.1) is 11.0 Å². The van der Waals surface area contributed by atoms with Gasteiger partial charge in [-0.15, -0.1) is 11.8 Å². The van der Waals surface area contributed by atoms with Crippen molar-refractivity contribution in [1.29, 1.82) is 0 Å². The zero-order valence-corrected chi connectivity index (χ0v) is 20.5. The molecule has 1 heterocycles. The topological polar surface area (TPSA) is 49.4 Å². The van der Waals surface area contributed by atoms with Gasteiger partial charge in [-0.2, -0.15) is 0 Å². The Labute approximate surface area is 201 Å². The lowest BCUT2D eigenvalue weighted by Crippen LogP contribution is -2.48. The van der Waals surface area contributed by atoms with E-state index in [9.17, 15) is 9.59 Å². The van der Waals surface area contributed by atoms with Crippen LogP contribution in [0.5, 0.6) is 0 Å². The number of nitrogens with zero attached hydrogens (tertiary/aromatic N) is 1. The van der Waals surface area contributed by atoms with Crippen molar-refractivity contribution in [3.63, 3.8) is 0 Å². The number of carbonyl (C=O) groups is 2. The van der Waals surface area contributed by atoms with Crippen LogP contribution in [-0.4, -0.2) is 41.6 Å². The molecule has 2 aromatic carbocycles. The largest absolute Gasteiger partial charge is 0.353 e. The molecule has 1 aliphatic rings. The minimum absolute atomic E-state index is 0.0506. The number of thioether (sulfide) groups is 1. The van der Waals surface area contributed by atoms with Crippen LogP contribution in [0.4, 0.5) is 0 Å². The Balaban J connectivity index is 1.53. The second kappa shape index (κ2) is 12.3. The summed E-state index contributed by atoms with van der Waals surface area (Å²) in [6, 6.07) is 18.2. The predicted molar refractivity (Wildman–Crippen MR) is 134 cm³/mol. The van der Waals surface area contributed by atoms with Gasteiger partial charge < -0.3 is 10.2 Å². The van der Waals surface area contributed by atoms with Gasteiger partial charge in [-0.25, -0.2) is 0 Å². The predicted octanol–water partition coefficient (Wildman–Crippen LogP) is 5.71. The van der Waals surface area contributed by atoms with Crippen molar-refractivity contribution in [2.45, 2.75) is 50.8 Å². The van der Waals surface area contributed by atoms with Gasteiger partial charge in [0.1, 0.15) is 0 Å². The van der Waals surface area contributed by atoms with E-state index >= 15 is 0 Å². The summed E-state index contributed by atoms with van der Waals surface area (Å²) in [5.41, 5.74) is 2.30. The Morgan fingerprint density at radius 1 is 1.00 bits per heavy atom. The highest BCUT2D eigenvalue weighted by molar-refractivity contribution is 8.00. The van der Waals surface area contributed by atoms with Crippen molar-refractivity contribution >= 4 is 35.2 Å². The first-order valence-corrected chi connectivity index (χ1v) is 12.9. The number of hydrogen-bond acceptors (Lipinski definition) is 3. The molecule has 1 saturated heterocycles. The zero-order chi connectivity index (χ0) is 22.9. The van der Waals surface area contributed by atoms with Gasteiger partial charge in [0.25, 0.3) is 0 Å². The van der Waals surface area contributed by atoms with Crippen LogP contribution in [-0.2, 0) is 9.59 Å². The van der Waals surface area contributed by atoms with E-state index in [1.54, 1.807) is 11.8 Å². The van der Waals surface area contributed by atoms with Gasteiger partial charge >= 0.3 is 0 Å². The van der Waals surface area contributed by atoms with Gasteiger partial charge in [0.15, 0.2) is 0 Å². The van der Waals surface area contributed by atoms with E-state index in [0.29, 0.717) is 10.8 Å². The van der Waals surface area contributed by atoms with Crippen LogP contribution in [0.15, 0.2) is 54.6 Å². The Kier molecular flexibility index (Phi) is 9.49. The lowest BCUT2D eigenvalue weighted by Gasteiger charge is -2.34. The lowest BCUT2D eigenvalue weighted by atomic mass is 9.98. The number of hydrogen-bond donors (Lipinski definition) is 1. The maximum atomic E-state index is 12.7. The quantitative estimate of drug-likeness (QED) is 0.508. The molecule has 0 spiro atoms. The number of benzene rings is 2. The first kappa shape index (κ1) is 24.7. The third-order valence-corrected chi connectivity index (χ3v) is 7.72. The fourth-order valence-electron chi connectivity index (χ4n) is 4.22. The third-order valence-electron chi connectivity index (χ3n) is 6.16. The Morgan fingerprint density at radius 2 is 1.59 bits per heavy atom. The van der Waals surface area contributed by atoms with E-state index < -0.39 is 0 Å². The van der Waals surface area contributed by atoms with E-state index in [1.807, 2.05) is 47.4 Å². The fourth-order valence-corrected chi connectivity index (χ4v) is 5.45. The Bertz CT molecular complexity index is 863. The van der Waals surface area contributed by atoms with E-state index in [4.69, 9.17) is 11.6 Å². The second-order valence-corrected chi connectivity index (χ2v) is 9.86. The molecule has 6 heteroatoms. The van der Waals surface area contributed by atoms with E-state index in [2.05, 4.69) is 31.3 Å². The number of carbonyl (C=O) groups excluding carboxylic acids is 2. The van der Waals surface area contributed by atoms with Crippen LogP contribution in [0.3, 0.4) is 0 Å². The number of nitrogens with one attached hydrogen (secondary N) is 1. The van der Waals surface area contributed by atoms with Crippen LogP contribution in [0.1, 0.15) is 55.9 Å². The molecule has 2 aromatic rings. The summed E-state index contributed by atoms with van der Waals surface area (Å²) >= 11 is 7.69. The van der Waals surface area contributed by atoms with Crippen LogP contribution < -0.4 is 5.32 Å². The van der Waals surface area contributed by atoms with Crippen molar-refractivity contribution in [3.8, 4) is 0 Å². The molecular formula is C26H33ClN2O2S. The summed E-state index contributed by atoms with van der Waals surface area (Å²) in [6.45, 7) is 5.60. The van der Waals surface area contributed by atoms with E-state index in [0.717, 1.165) is 44.3 Å². The normalized spacial score (nSPS) is 15.6. The highest BCUT2D eigenvalue weighted by Gasteiger charge is 2.27. The maximum absolute atomic E-state index is 12.7. The molecule has 3 rings (SSSR count). The van der Waals surface area contributed by atoms with Crippen molar-refractivity contribution in [2.24, 2.45) is 5.92 Å². The summed E-state index contributed by atoms with van der Waals surface area (Å²) in [5.74, 6) is 0.828. The zero-order valence-electron chi connectivity index (χ0n) is 18.9. The summed E-state index contributed by atoms with van der Waals surface area (Å²) in [4.78, 5) is 27.3. The molecule has 1 fully saturated rings. The first-order chi connectivity index (χ1) is 15.5. The molecule has 0 aromatic heterocycles. The number of rotatable bonds is 9. The second-order valence-electron chi connectivity index (χ2n) is 8.33. The smallest absolute Gasteiger partial charge is 0.230 e.